The van der Waals surface area contributed by atoms with Crippen LogP contribution >= 0.6 is 22.9 Å². The minimum absolute atomic E-state index is 0.0119. The minimum atomic E-state index is -4.55. The average Bonchev–Trinajstić information content (AvgIpc) is 2.95. The van der Waals surface area contributed by atoms with E-state index in [0.29, 0.717) is 20.3 Å². The smallest absolute Gasteiger partial charge is 0.266 e. The first-order chi connectivity index (χ1) is 11.3. The summed E-state index contributed by atoms with van der Waals surface area (Å²) in [5, 5.41) is 3.65. The van der Waals surface area contributed by atoms with Gasteiger partial charge in [-0.3, -0.25) is 9.78 Å². The Morgan fingerprint density at radius 2 is 1.92 bits per heavy atom. The molecular weight excluding hydrogens is 365 g/mol. The van der Waals surface area contributed by atoms with Crippen LogP contribution < -0.4 is 5.56 Å². The zero-order valence-electron chi connectivity index (χ0n) is 11.8. The third kappa shape index (κ3) is 3.80. The van der Waals surface area contributed by atoms with Crippen molar-refractivity contribution < 1.29 is 13.2 Å². The van der Waals surface area contributed by atoms with Crippen LogP contribution in [0.15, 0.2) is 41.5 Å². The van der Waals surface area contributed by atoms with Gasteiger partial charge in [-0.2, -0.15) is 13.2 Å². The van der Waals surface area contributed by atoms with E-state index in [1.165, 1.54) is 17.5 Å². The van der Waals surface area contributed by atoms with Gasteiger partial charge in [0.05, 0.1) is 21.1 Å². The van der Waals surface area contributed by atoms with Crippen molar-refractivity contribution in [2.75, 3.05) is 0 Å². The van der Waals surface area contributed by atoms with Gasteiger partial charge in [-0.25, -0.2) is 9.67 Å². The Hall–Kier alpha value is -2.26. The van der Waals surface area contributed by atoms with Gasteiger partial charge in [-0.05, 0) is 24.3 Å². The van der Waals surface area contributed by atoms with Crippen LogP contribution in [-0.4, -0.2) is 25.9 Å². The molecular formula is C14H8ClF3N4OS. The summed E-state index contributed by atoms with van der Waals surface area (Å²) in [6.07, 6.45) is -2.31. The van der Waals surface area contributed by atoms with Gasteiger partial charge in [0.2, 0.25) is 0 Å². The van der Waals surface area contributed by atoms with Gasteiger partial charge in [-0.15, -0.1) is 16.4 Å². The van der Waals surface area contributed by atoms with Crippen molar-refractivity contribution in [2.45, 2.75) is 12.7 Å². The van der Waals surface area contributed by atoms with Gasteiger partial charge in [0, 0.05) is 11.8 Å². The molecule has 0 saturated carbocycles. The molecule has 3 heterocycles. The fourth-order valence-electron chi connectivity index (χ4n) is 1.91. The topological polar surface area (TPSA) is 60.7 Å². The Balaban J connectivity index is 1.92. The number of hydrogen-bond donors (Lipinski definition) is 0. The van der Waals surface area contributed by atoms with Crippen molar-refractivity contribution in [1.82, 2.24) is 19.7 Å². The number of hydrogen-bond acceptors (Lipinski definition) is 5. The molecule has 3 aromatic rings. The fraction of sp³-hybridized carbons (Fsp3) is 0.143. The van der Waals surface area contributed by atoms with Gasteiger partial charge < -0.3 is 0 Å². The molecule has 0 aliphatic heterocycles. The van der Waals surface area contributed by atoms with Gasteiger partial charge in [0.25, 0.3) is 5.56 Å². The minimum Gasteiger partial charge on any atom is -0.266 e. The van der Waals surface area contributed by atoms with Crippen molar-refractivity contribution in [3.8, 4) is 22.0 Å². The number of aromatic nitrogens is 4. The van der Waals surface area contributed by atoms with Crippen molar-refractivity contribution in [2.24, 2.45) is 0 Å². The number of pyridine rings is 1. The average molecular weight is 373 g/mol. The van der Waals surface area contributed by atoms with Crippen LogP contribution in [0, 0.1) is 0 Å². The summed E-state index contributed by atoms with van der Waals surface area (Å²) in [7, 11) is 0. The Morgan fingerprint density at radius 3 is 2.50 bits per heavy atom. The quantitative estimate of drug-likeness (QED) is 0.704. The highest BCUT2D eigenvalue weighted by Gasteiger charge is 2.29. The predicted octanol–water partition coefficient (Wildman–Crippen LogP) is 3.64. The molecule has 3 rings (SSSR count). The van der Waals surface area contributed by atoms with Crippen LogP contribution in [0.1, 0.15) is 0 Å². The molecule has 0 radical (unpaired) electrons. The molecule has 0 aliphatic carbocycles. The summed E-state index contributed by atoms with van der Waals surface area (Å²) in [6, 6.07) is 6.86. The van der Waals surface area contributed by atoms with Crippen LogP contribution in [0.4, 0.5) is 13.2 Å². The van der Waals surface area contributed by atoms with Gasteiger partial charge in [-0.1, -0.05) is 11.6 Å². The summed E-state index contributed by atoms with van der Waals surface area (Å²) in [5.41, 5.74) is 0.144. The second-order valence-electron chi connectivity index (χ2n) is 4.73. The second kappa shape index (κ2) is 6.33. The standard InChI is InChI=1S/C14H8ClF3N4OS/c15-11-4-3-10(24-11)9-2-1-8(5-19-9)13-20-6-12(23)22(21-13)7-14(16,17)18/h1-6H,7H2. The molecule has 0 N–H and O–H groups in total. The highest BCUT2D eigenvalue weighted by atomic mass is 35.5. The van der Waals surface area contributed by atoms with Gasteiger partial charge in [0.1, 0.15) is 6.54 Å². The Bertz CT molecular complexity index is 921. The van der Waals surface area contributed by atoms with Crippen LogP contribution in [0.25, 0.3) is 22.0 Å². The summed E-state index contributed by atoms with van der Waals surface area (Å²) < 4.78 is 38.3. The van der Waals surface area contributed by atoms with E-state index >= 15 is 0 Å². The third-order valence-electron chi connectivity index (χ3n) is 2.94. The number of halogens is 4. The zero-order chi connectivity index (χ0) is 17.3. The maximum atomic E-state index is 12.5. The van der Waals surface area contributed by atoms with E-state index in [-0.39, 0.29) is 5.82 Å². The summed E-state index contributed by atoms with van der Waals surface area (Å²) >= 11 is 7.22. The lowest BCUT2D eigenvalue weighted by Gasteiger charge is -2.09. The highest BCUT2D eigenvalue weighted by molar-refractivity contribution is 7.19. The number of thiophene rings is 1. The Kier molecular flexibility index (Phi) is 4.37. The molecule has 5 nitrogen and oxygen atoms in total. The summed E-state index contributed by atoms with van der Waals surface area (Å²) in [6.45, 7) is -1.47. The first-order valence-corrected chi connectivity index (χ1v) is 7.74. The lowest BCUT2D eigenvalue weighted by molar-refractivity contribution is -0.143. The van der Waals surface area contributed by atoms with Crippen LogP contribution in [-0.2, 0) is 6.54 Å². The van der Waals surface area contributed by atoms with Crippen LogP contribution in [0.5, 0.6) is 0 Å². The number of nitrogens with zero attached hydrogens (tertiary/aromatic N) is 4. The molecule has 0 saturated heterocycles. The number of rotatable bonds is 3. The SMILES string of the molecule is O=c1cnc(-c2ccc(-c3ccc(Cl)s3)nc2)nn1CC(F)(F)F. The normalized spacial score (nSPS) is 11.7. The molecule has 3 aromatic heterocycles. The first kappa shape index (κ1) is 16.6. The first-order valence-electron chi connectivity index (χ1n) is 6.55. The lowest BCUT2D eigenvalue weighted by atomic mass is 10.2. The highest BCUT2D eigenvalue weighted by Crippen LogP contribution is 2.30. The van der Waals surface area contributed by atoms with Crippen molar-refractivity contribution in [1.29, 1.82) is 0 Å². The van der Waals surface area contributed by atoms with E-state index < -0.39 is 18.3 Å². The molecule has 0 aromatic carbocycles. The number of alkyl halides is 3. The molecule has 10 heteroatoms. The van der Waals surface area contributed by atoms with Crippen LogP contribution in [0.3, 0.4) is 0 Å². The molecule has 0 spiro atoms. The van der Waals surface area contributed by atoms with Gasteiger partial charge >= 0.3 is 6.18 Å². The van der Waals surface area contributed by atoms with Crippen molar-refractivity contribution in [3.05, 3.63) is 51.3 Å². The monoisotopic (exact) mass is 372 g/mol. The van der Waals surface area contributed by atoms with Crippen LogP contribution in [0.2, 0.25) is 4.34 Å². The zero-order valence-corrected chi connectivity index (χ0v) is 13.4. The summed E-state index contributed by atoms with van der Waals surface area (Å²) in [4.78, 5) is 20.3. The predicted molar refractivity (Wildman–Crippen MR) is 83.9 cm³/mol. The van der Waals surface area contributed by atoms with E-state index in [1.54, 1.807) is 18.2 Å². The Labute approximate surface area is 142 Å². The van der Waals surface area contributed by atoms with E-state index in [2.05, 4.69) is 15.1 Å². The molecule has 124 valence electrons. The third-order valence-corrected chi connectivity index (χ3v) is 4.20. The molecule has 0 fully saturated rings. The molecule has 0 amide bonds. The lowest BCUT2D eigenvalue weighted by Crippen LogP contribution is -2.30. The second-order valence-corrected chi connectivity index (χ2v) is 6.44. The molecule has 0 aliphatic rings. The van der Waals surface area contributed by atoms with Gasteiger partial charge in [0.15, 0.2) is 5.82 Å². The molecule has 24 heavy (non-hydrogen) atoms. The van der Waals surface area contributed by atoms with Crippen molar-refractivity contribution >= 4 is 22.9 Å². The van der Waals surface area contributed by atoms with E-state index in [0.717, 1.165) is 11.1 Å². The van der Waals surface area contributed by atoms with E-state index in [4.69, 9.17) is 11.6 Å². The maximum Gasteiger partial charge on any atom is 0.408 e. The summed E-state index contributed by atoms with van der Waals surface area (Å²) in [5.74, 6) is -0.0119. The molecule has 0 bridgehead atoms. The van der Waals surface area contributed by atoms with Crippen molar-refractivity contribution in [3.63, 3.8) is 0 Å². The molecule has 0 unspecified atom stereocenters. The molecule has 0 atom stereocenters. The van der Waals surface area contributed by atoms with E-state index in [1.807, 2.05) is 6.07 Å². The maximum absolute atomic E-state index is 12.5. The fourth-order valence-corrected chi connectivity index (χ4v) is 2.93. The Morgan fingerprint density at radius 1 is 1.12 bits per heavy atom. The van der Waals surface area contributed by atoms with E-state index in [9.17, 15) is 18.0 Å². The largest absolute Gasteiger partial charge is 0.408 e.